The molecule has 1 N–H and O–H groups in total. The van der Waals surface area contributed by atoms with E-state index in [-0.39, 0.29) is 32.1 Å². The predicted octanol–water partition coefficient (Wildman–Crippen LogP) is 3.50. The highest BCUT2D eigenvalue weighted by molar-refractivity contribution is 6.31. The van der Waals surface area contributed by atoms with Crippen molar-refractivity contribution in [2.24, 2.45) is 0 Å². The third kappa shape index (κ3) is 4.26. The van der Waals surface area contributed by atoms with Gasteiger partial charge in [0, 0.05) is 11.6 Å². The highest BCUT2D eigenvalue weighted by Crippen LogP contribution is 2.35. The Morgan fingerprint density at radius 3 is 2.61 bits per heavy atom. The molecule has 0 saturated heterocycles. The zero-order valence-corrected chi connectivity index (χ0v) is 19.1. The molecular formula is C24H24ClN3O5. The lowest BCUT2D eigenvalue weighted by atomic mass is 9.93. The number of halogens is 1. The molecule has 2 aromatic heterocycles. The van der Waals surface area contributed by atoms with Crippen LogP contribution in [0.3, 0.4) is 0 Å². The number of esters is 1. The number of nitrogens with zero attached hydrogens (tertiary/aromatic N) is 2. The molecule has 0 saturated carbocycles. The van der Waals surface area contributed by atoms with Crippen LogP contribution < -0.4 is 5.32 Å². The van der Waals surface area contributed by atoms with Crippen LogP contribution >= 0.6 is 11.6 Å². The van der Waals surface area contributed by atoms with Crippen molar-refractivity contribution in [2.45, 2.75) is 32.5 Å². The second-order valence-electron chi connectivity index (χ2n) is 7.91. The molecule has 3 aromatic rings. The number of nitrogens with one attached hydrogen (secondary N) is 1. The molecule has 9 heteroatoms. The van der Waals surface area contributed by atoms with Crippen molar-refractivity contribution in [3.8, 4) is 11.5 Å². The van der Waals surface area contributed by atoms with Crippen molar-refractivity contribution in [2.75, 3.05) is 13.2 Å². The molecule has 0 radical (unpaired) electrons. The lowest BCUT2D eigenvalue weighted by Crippen LogP contribution is -2.64. The van der Waals surface area contributed by atoms with Gasteiger partial charge in [0.15, 0.2) is 0 Å². The summed E-state index contributed by atoms with van der Waals surface area (Å²) in [5, 5.41) is 3.13. The molecule has 8 nitrogen and oxygen atoms in total. The number of hydrogen-bond acceptors (Lipinski definition) is 5. The second kappa shape index (κ2) is 9.15. The molecule has 172 valence electrons. The number of ether oxygens (including phenoxy) is 1. The predicted molar refractivity (Wildman–Crippen MR) is 122 cm³/mol. The third-order valence-corrected chi connectivity index (χ3v) is 6.12. The Kier molecular flexibility index (Phi) is 6.29. The van der Waals surface area contributed by atoms with Crippen LogP contribution in [-0.4, -0.2) is 45.9 Å². The van der Waals surface area contributed by atoms with E-state index >= 15 is 0 Å². The number of rotatable bonds is 7. The third-order valence-electron chi connectivity index (χ3n) is 5.75. The van der Waals surface area contributed by atoms with Gasteiger partial charge in [-0.3, -0.25) is 14.4 Å². The van der Waals surface area contributed by atoms with Crippen LogP contribution in [0.4, 0.5) is 0 Å². The van der Waals surface area contributed by atoms with E-state index in [9.17, 15) is 14.4 Å². The molecule has 3 heterocycles. The number of furan rings is 1. The molecule has 1 aliphatic rings. The van der Waals surface area contributed by atoms with Gasteiger partial charge in [-0.05, 0) is 49.7 Å². The first-order chi connectivity index (χ1) is 15.8. The zero-order chi connectivity index (χ0) is 23.6. The van der Waals surface area contributed by atoms with E-state index < -0.39 is 17.4 Å². The standard InChI is InChI=1S/C24H24ClN3O5/c1-3-32-21(29)13-26-23(31)24(2)15-27-18(20-9-6-12-33-20)10-11-19(27)22(30)28(24)14-16-7-4-5-8-17(16)25/h4-12H,3,13-15H2,1-2H3,(H,26,31). The maximum atomic E-state index is 13.6. The van der Waals surface area contributed by atoms with Gasteiger partial charge in [-0.25, -0.2) is 0 Å². The fourth-order valence-electron chi connectivity index (χ4n) is 4.01. The summed E-state index contributed by atoms with van der Waals surface area (Å²) in [6.45, 7) is 3.58. The fourth-order valence-corrected chi connectivity index (χ4v) is 4.21. The van der Waals surface area contributed by atoms with Crippen LogP contribution in [0.15, 0.2) is 59.2 Å². The maximum Gasteiger partial charge on any atom is 0.325 e. The summed E-state index contributed by atoms with van der Waals surface area (Å²) < 4.78 is 12.2. The van der Waals surface area contributed by atoms with Gasteiger partial charge in [0.1, 0.15) is 23.5 Å². The molecule has 0 aliphatic carbocycles. The van der Waals surface area contributed by atoms with Crippen molar-refractivity contribution in [1.29, 1.82) is 0 Å². The number of fused-ring (bicyclic) bond motifs is 1. The van der Waals surface area contributed by atoms with Gasteiger partial charge in [-0.1, -0.05) is 29.8 Å². The van der Waals surface area contributed by atoms with Crippen molar-refractivity contribution in [3.63, 3.8) is 0 Å². The zero-order valence-electron chi connectivity index (χ0n) is 18.3. The largest absolute Gasteiger partial charge is 0.465 e. The van der Waals surface area contributed by atoms with E-state index in [0.29, 0.717) is 27.7 Å². The van der Waals surface area contributed by atoms with Crippen LogP contribution in [0.5, 0.6) is 0 Å². The first-order valence-electron chi connectivity index (χ1n) is 10.6. The van der Waals surface area contributed by atoms with Crippen LogP contribution in [0.2, 0.25) is 5.02 Å². The first-order valence-corrected chi connectivity index (χ1v) is 11.0. The lowest BCUT2D eigenvalue weighted by Gasteiger charge is -2.44. The molecule has 0 spiro atoms. The Hall–Kier alpha value is -3.52. The molecule has 4 rings (SSSR count). The summed E-state index contributed by atoms with van der Waals surface area (Å²) in [6.07, 6.45) is 1.55. The van der Waals surface area contributed by atoms with E-state index in [0.717, 1.165) is 0 Å². The van der Waals surface area contributed by atoms with Crippen LogP contribution in [0.25, 0.3) is 11.5 Å². The van der Waals surface area contributed by atoms with Gasteiger partial charge in [0.25, 0.3) is 5.91 Å². The van der Waals surface area contributed by atoms with E-state index in [4.69, 9.17) is 20.8 Å². The Balaban J connectivity index is 1.73. The van der Waals surface area contributed by atoms with Crippen LogP contribution in [0.1, 0.15) is 29.9 Å². The summed E-state index contributed by atoms with van der Waals surface area (Å²) in [5.74, 6) is -0.761. The number of benzene rings is 1. The first kappa shape index (κ1) is 22.7. The van der Waals surface area contributed by atoms with E-state index in [1.807, 2.05) is 12.1 Å². The van der Waals surface area contributed by atoms with E-state index in [1.54, 1.807) is 61.1 Å². The Labute approximate surface area is 196 Å². The monoisotopic (exact) mass is 469 g/mol. The summed E-state index contributed by atoms with van der Waals surface area (Å²) in [4.78, 5) is 40.4. The van der Waals surface area contributed by atoms with Gasteiger partial charge in [0.2, 0.25) is 5.91 Å². The highest BCUT2D eigenvalue weighted by atomic mass is 35.5. The Morgan fingerprint density at radius 1 is 1.15 bits per heavy atom. The summed E-state index contributed by atoms with van der Waals surface area (Å²) in [6, 6.07) is 14.2. The van der Waals surface area contributed by atoms with Crippen molar-refractivity contribution in [1.82, 2.24) is 14.8 Å². The number of carbonyl (C=O) groups excluding carboxylic acids is 3. The molecule has 1 aromatic carbocycles. The van der Waals surface area contributed by atoms with Crippen molar-refractivity contribution < 1.29 is 23.5 Å². The van der Waals surface area contributed by atoms with Crippen molar-refractivity contribution in [3.05, 3.63) is 71.1 Å². The Morgan fingerprint density at radius 2 is 1.91 bits per heavy atom. The summed E-state index contributed by atoms with van der Waals surface area (Å²) in [7, 11) is 0. The number of carbonyl (C=O) groups is 3. The molecule has 1 unspecified atom stereocenters. The van der Waals surface area contributed by atoms with E-state index in [2.05, 4.69) is 5.32 Å². The van der Waals surface area contributed by atoms with Gasteiger partial charge in [-0.2, -0.15) is 0 Å². The SMILES string of the molecule is CCOC(=O)CNC(=O)C1(C)Cn2c(ccc2-c2ccco2)C(=O)N1Cc1ccccc1Cl. The highest BCUT2D eigenvalue weighted by Gasteiger charge is 2.48. The van der Waals surface area contributed by atoms with Crippen molar-refractivity contribution >= 4 is 29.4 Å². The molecule has 0 fully saturated rings. The van der Waals surface area contributed by atoms with Gasteiger partial charge < -0.3 is 23.9 Å². The maximum absolute atomic E-state index is 13.6. The smallest absolute Gasteiger partial charge is 0.325 e. The molecular weight excluding hydrogens is 446 g/mol. The minimum Gasteiger partial charge on any atom is -0.465 e. The molecule has 1 atom stereocenters. The average Bonchev–Trinajstić information content (AvgIpc) is 3.46. The molecule has 33 heavy (non-hydrogen) atoms. The second-order valence-corrected chi connectivity index (χ2v) is 8.32. The Bertz CT molecular complexity index is 1190. The molecule has 2 amide bonds. The fraction of sp³-hybridized carbons (Fsp3) is 0.292. The minimum absolute atomic E-state index is 0.128. The van der Waals surface area contributed by atoms with Gasteiger partial charge >= 0.3 is 5.97 Å². The van der Waals surface area contributed by atoms with Crippen LogP contribution in [-0.2, 0) is 27.4 Å². The molecule has 0 bridgehead atoms. The summed E-state index contributed by atoms with van der Waals surface area (Å²) in [5.41, 5.74) is 0.522. The number of amides is 2. The van der Waals surface area contributed by atoms with E-state index in [1.165, 1.54) is 4.90 Å². The number of hydrogen-bond donors (Lipinski definition) is 1. The quantitative estimate of drug-likeness (QED) is 0.534. The number of aromatic nitrogens is 1. The summed E-state index contributed by atoms with van der Waals surface area (Å²) >= 11 is 6.36. The van der Waals surface area contributed by atoms with Gasteiger partial charge in [-0.15, -0.1) is 0 Å². The average molecular weight is 470 g/mol. The normalized spacial score (nSPS) is 17.5. The van der Waals surface area contributed by atoms with Gasteiger partial charge in [0.05, 0.1) is 25.1 Å². The van der Waals surface area contributed by atoms with Crippen LogP contribution in [0, 0.1) is 0 Å². The molecule has 1 aliphatic heterocycles. The lowest BCUT2D eigenvalue weighted by molar-refractivity contribution is -0.145. The minimum atomic E-state index is -1.31. The topological polar surface area (TPSA) is 93.8 Å².